The van der Waals surface area contributed by atoms with Gasteiger partial charge in [-0.05, 0) is 80.8 Å². The molecule has 0 unspecified atom stereocenters. The first-order valence-electron chi connectivity index (χ1n) is 13.2. The van der Waals surface area contributed by atoms with E-state index < -0.39 is 34.3 Å². The van der Waals surface area contributed by atoms with Crippen molar-refractivity contribution < 1.29 is 22.4 Å². The van der Waals surface area contributed by atoms with Crippen LogP contribution in [0, 0.1) is 12.7 Å². The van der Waals surface area contributed by atoms with Crippen LogP contribution in [-0.2, 0) is 26.2 Å². The molecule has 0 aliphatic heterocycles. The zero-order valence-corrected chi connectivity index (χ0v) is 24.1. The number of anilines is 1. The van der Waals surface area contributed by atoms with E-state index >= 15 is 0 Å². The second kappa shape index (κ2) is 12.8. The van der Waals surface area contributed by atoms with Crippen LogP contribution >= 0.6 is 11.6 Å². The van der Waals surface area contributed by atoms with Crippen LogP contribution in [0.3, 0.4) is 0 Å². The summed E-state index contributed by atoms with van der Waals surface area (Å²) in [6, 6.07) is 17.3. The van der Waals surface area contributed by atoms with Crippen LogP contribution in [0.4, 0.5) is 10.1 Å². The SMILES string of the molecule is Cc1ccc(S(=O)(=O)N(CC(=O)N(Cc2cccc(Cl)c2)[C@H](C)C(=O)NC2CCCC2)c2ccc(F)cc2)cc1. The summed E-state index contributed by atoms with van der Waals surface area (Å²) >= 11 is 6.18. The lowest BCUT2D eigenvalue weighted by molar-refractivity contribution is -0.139. The van der Waals surface area contributed by atoms with Crippen LogP contribution in [0.2, 0.25) is 5.02 Å². The number of aryl methyl sites for hydroxylation is 1. The van der Waals surface area contributed by atoms with E-state index in [9.17, 15) is 22.4 Å². The Morgan fingerprint density at radius 2 is 1.68 bits per heavy atom. The number of nitrogens with zero attached hydrogens (tertiary/aromatic N) is 2. The third-order valence-electron chi connectivity index (χ3n) is 7.11. The highest BCUT2D eigenvalue weighted by Crippen LogP contribution is 2.26. The van der Waals surface area contributed by atoms with Crippen molar-refractivity contribution in [2.45, 2.75) is 63.1 Å². The van der Waals surface area contributed by atoms with Crippen LogP contribution in [0.5, 0.6) is 0 Å². The fraction of sp³-hybridized carbons (Fsp3) is 0.333. The topological polar surface area (TPSA) is 86.8 Å². The molecule has 3 aromatic rings. The van der Waals surface area contributed by atoms with Gasteiger partial charge in [0.2, 0.25) is 11.8 Å². The number of nitrogens with one attached hydrogen (secondary N) is 1. The number of hydrogen-bond acceptors (Lipinski definition) is 4. The average molecular weight is 586 g/mol. The number of benzene rings is 3. The molecule has 1 N–H and O–H groups in total. The molecule has 2 amide bonds. The van der Waals surface area contributed by atoms with Crippen molar-refractivity contribution in [1.82, 2.24) is 10.2 Å². The molecule has 0 aromatic heterocycles. The Labute approximate surface area is 240 Å². The lowest BCUT2D eigenvalue weighted by Crippen LogP contribution is -2.52. The summed E-state index contributed by atoms with van der Waals surface area (Å²) in [5.74, 6) is -1.44. The van der Waals surface area contributed by atoms with Crippen LogP contribution in [-0.4, -0.2) is 43.8 Å². The summed E-state index contributed by atoms with van der Waals surface area (Å²) in [7, 11) is -4.21. The lowest BCUT2D eigenvalue weighted by atomic mass is 10.1. The minimum absolute atomic E-state index is 0.0105. The summed E-state index contributed by atoms with van der Waals surface area (Å²) < 4.78 is 42.3. The third-order valence-corrected chi connectivity index (χ3v) is 9.14. The first kappa shape index (κ1) is 29.6. The number of hydrogen-bond donors (Lipinski definition) is 1. The van der Waals surface area contributed by atoms with Gasteiger partial charge in [0.15, 0.2) is 0 Å². The number of halogens is 2. The molecular formula is C30H33ClFN3O4S. The van der Waals surface area contributed by atoms with E-state index in [0.29, 0.717) is 10.6 Å². The van der Waals surface area contributed by atoms with Crippen molar-refractivity contribution >= 4 is 39.1 Å². The van der Waals surface area contributed by atoms with Gasteiger partial charge >= 0.3 is 0 Å². The fourth-order valence-electron chi connectivity index (χ4n) is 4.78. The molecule has 0 bridgehead atoms. The quantitative estimate of drug-likeness (QED) is 0.342. The van der Waals surface area contributed by atoms with Gasteiger partial charge in [-0.3, -0.25) is 13.9 Å². The lowest BCUT2D eigenvalue weighted by Gasteiger charge is -2.32. The van der Waals surface area contributed by atoms with Crippen molar-refractivity contribution in [2.24, 2.45) is 0 Å². The van der Waals surface area contributed by atoms with Crippen molar-refractivity contribution in [3.8, 4) is 0 Å². The standard InChI is InChI=1S/C30H33ClFN3O4S/c1-21-10-16-28(17-11-21)40(38,39)35(27-14-12-25(32)13-15-27)20-29(36)34(19-23-6-5-7-24(31)18-23)22(2)30(37)33-26-8-3-4-9-26/h5-7,10-18,22,26H,3-4,8-9,19-20H2,1-2H3,(H,33,37)/t22-/m1/s1. The Morgan fingerprint density at radius 1 is 1.02 bits per heavy atom. The normalized spacial score (nSPS) is 14.5. The Balaban J connectivity index is 1.68. The molecule has 4 rings (SSSR count). The largest absolute Gasteiger partial charge is 0.352 e. The summed E-state index contributed by atoms with van der Waals surface area (Å²) in [5, 5.41) is 3.51. The van der Waals surface area contributed by atoms with Crippen LogP contribution < -0.4 is 9.62 Å². The maximum Gasteiger partial charge on any atom is 0.264 e. The van der Waals surface area contributed by atoms with E-state index in [4.69, 9.17) is 11.6 Å². The molecule has 0 spiro atoms. The van der Waals surface area contributed by atoms with Gasteiger partial charge in [0.25, 0.3) is 10.0 Å². The Hall–Kier alpha value is -3.43. The number of carbonyl (C=O) groups excluding carboxylic acids is 2. The van der Waals surface area contributed by atoms with E-state index in [1.165, 1.54) is 29.2 Å². The zero-order chi connectivity index (χ0) is 28.9. The van der Waals surface area contributed by atoms with Gasteiger partial charge in [0.1, 0.15) is 18.4 Å². The molecule has 7 nitrogen and oxygen atoms in total. The highest BCUT2D eigenvalue weighted by Gasteiger charge is 2.33. The van der Waals surface area contributed by atoms with Crippen molar-refractivity contribution in [1.29, 1.82) is 0 Å². The van der Waals surface area contributed by atoms with Gasteiger partial charge < -0.3 is 10.2 Å². The van der Waals surface area contributed by atoms with Gasteiger partial charge in [0.05, 0.1) is 10.6 Å². The maximum atomic E-state index is 13.9. The van der Waals surface area contributed by atoms with Gasteiger partial charge in [-0.25, -0.2) is 12.8 Å². The van der Waals surface area contributed by atoms with E-state index in [2.05, 4.69) is 5.32 Å². The van der Waals surface area contributed by atoms with E-state index in [1.807, 2.05) is 6.92 Å². The molecule has 1 aliphatic rings. The second-order valence-corrected chi connectivity index (χ2v) is 12.4. The van der Waals surface area contributed by atoms with Gasteiger partial charge in [-0.2, -0.15) is 0 Å². The Morgan fingerprint density at radius 3 is 2.30 bits per heavy atom. The number of sulfonamides is 1. The summed E-state index contributed by atoms with van der Waals surface area (Å²) in [5.41, 5.74) is 1.69. The molecule has 212 valence electrons. The van der Waals surface area contributed by atoms with Crippen LogP contribution in [0.25, 0.3) is 0 Å². The van der Waals surface area contributed by atoms with Crippen LogP contribution in [0.1, 0.15) is 43.7 Å². The number of amides is 2. The zero-order valence-electron chi connectivity index (χ0n) is 22.5. The maximum absolute atomic E-state index is 13.9. The average Bonchev–Trinajstić information content (AvgIpc) is 3.44. The first-order valence-corrected chi connectivity index (χ1v) is 15.1. The number of carbonyl (C=O) groups is 2. The Kier molecular flexibility index (Phi) is 9.48. The molecule has 0 saturated heterocycles. The highest BCUT2D eigenvalue weighted by atomic mass is 35.5. The molecule has 0 radical (unpaired) electrons. The number of rotatable bonds is 10. The molecular weight excluding hydrogens is 553 g/mol. The highest BCUT2D eigenvalue weighted by molar-refractivity contribution is 7.92. The minimum atomic E-state index is -4.21. The van der Waals surface area contributed by atoms with Crippen molar-refractivity contribution in [2.75, 3.05) is 10.8 Å². The third kappa shape index (κ3) is 7.20. The summed E-state index contributed by atoms with van der Waals surface area (Å²) in [6.07, 6.45) is 3.84. The van der Waals surface area contributed by atoms with Crippen molar-refractivity contribution in [3.05, 3.63) is 94.8 Å². The van der Waals surface area contributed by atoms with E-state index in [1.54, 1.807) is 43.3 Å². The smallest absolute Gasteiger partial charge is 0.264 e. The van der Waals surface area contributed by atoms with Gasteiger partial charge in [0, 0.05) is 17.6 Å². The molecule has 1 atom stereocenters. The molecule has 10 heteroatoms. The van der Waals surface area contributed by atoms with Crippen LogP contribution in [0.15, 0.2) is 77.7 Å². The monoisotopic (exact) mass is 585 g/mol. The minimum Gasteiger partial charge on any atom is -0.352 e. The molecule has 1 fully saturated rings. The molecule has 3 aromatic carbocycles. The summed E-state index contributed by atoms with van der Waals surface area (Å²) in [6.45, 7) is 2.91. The van der Waals surface area contributed by atoms with Gasteiger partial charge in [-0.15, -0.1) is 0 Å². The molecule has 40 heavy (non-hydrogen) atoms. The van der Waals surface area contributed by atoms with Crippen molar-refractivity contribution in [3.63, 3.8) is 0 Å². The Bertz CT molecular complexity index is 1440. The second-order valence-electron chi connectivity index (χ2n) is 10.1. The van der Waals surface area contributed by atoms with E-state index in [0.717, 1.165) is 47.7 Å². The fourth-order valence-corrected chi connectivity index (χ4v) is 6.41. The molecule has 1 saturated carbocycles. The van der Waals surface area contributed by atoms with Gasteiger partial charge in [-0.1, -0.05) is 54.3 Å². The summed E-state index contributed by atoms with van der Waals surface area (Å²) in [4.78, 5) is 28.5. The molecule has 1 aliphatic carbocycles. The predicted molar refractivity (Wildman–Crippen MR) is 154 cm³/mol. The predicted octanol–water partition coefficient (Wildman–Crippen LogP) is 5.46. The first-order chi connectivity index (χ1) is 19.0. The molecule has 0 heterocycles. The van der Waals surface area contributed by atoms with E-state index in [-0.39, 0.29) is 29.1 Å².